The van der Waals surface area contributed by atoms with Gasteiger partial charge in [-0.3, -0.25) is 10.1 Å². The van der Waals surface area contributed by atoms with Crippen LogP contribution >= 0.6 is 23.9 Å². The second kappa shape index (κ2) is 8.21. The van der Waals surface area contributed by atoms with Gasteiger partial charge in [-0.2, -0.15) is 0 Å². The Balaban J connectivity index is 2.68. The fourth-order valence-electron chi connectivity index (χ4n) is 1.31. The second-order valence-electron chi connectivity index (χ2n) is 4.69. The van der Waals surface area contributed by atoms with Crippen molar-refractivity contribution in [3.8, 4) is 0 Å². The molecule has 0 saturated carbocycles. The number of carbonyl (C=O) groups is 2. The van der Waals surface area contributed by atoms with Gasteiger partial charge in [0, 0.05) is 16.1 Å². The third-order valence-corrected chi connectivity index (χ3v) is 4.11. The zero-order valence-corrected chi connectivity index (χ0v) is 13.8. The Morgan fingerprint density at radius 3 is 1.95 bits per heavy atom. The van der Waals surface area contributed by atoms with Gasteiger partial charge in [-0.15, -0.1) is 0 Å². The molecule has 1 rings (SSSR count). The summed E-state index contributed by atoms with van der Waals surface area (Å²) in [7, 11) is 0. The predicted molar refractivity (Wildman–Crippen MR) is 86.6 cm³/mol. The van der Waals surface area contributed by atoms with Crippen molar-refractivity contribution in [2.75, 3.05) is 0 Å². The summed E-state index contributed by atoms with van der Waals surface area (Å²) >= 11 is 2.81. The third-order valence-electron chi connectivity index (χ3n) is 2.04. The second-order valence-corrected chi connectivity index (χ2v) is 7.96. The van der Waals surface area contributed by atoms with Crippen LogP contribution in [0.4, 0.5) is 4.79 Å². The van der Waals surface area contributed by atoms with E-state index in [-0.39, 0.29) is 16.4 Å². The molecule has 0 fully saturated rings. The number of carbonyl (C=O) groups excluding carboxylic acids is 2. The number of nitrogens with one attached hydrogen (secondary N) is 1. The molecule has 3 amide bonds. The lowest BCUT2D eigenvalue weighted by Crippen LogP contribution is -2.37. The number of rotatable bonds is 5. The Morgan fingerprint density at radius 2 is 1.50 bits per heavy atom. The van der Waals surface area contributed by atoms with E-state index < -0.39 is 6.03 Å². The highest BCUT2D eigenvalue weighted by molar-refractivity contribution is 8.13. The number of urea groups is 1. The lowest BCUT2D eigenvalue weighted by atomic mass is 10.2. The Morgan fingerprint density at radius 1 is 1.00 bits per heavy atom. The summed E-state index contributed by atoms with van der Waals surface area (Å²) in [5, 5.41) is 2.94. The minimum absolute atomic E-state index is 0.263. The van der Waals surface area contributed by atoms with Gasteiger partial charge in [0.25, 0.3) is 5.91 Å². The van der Waals surface area contributed by atoms with Gasteiger partial charge in [-0.1, -0.05) is 45.9 Å². The quantitative estimate of drug-likeness (QED) is 0.836. The predicted octanol–water partition coefficient (Wildman–Crippen LogP) is 3.95. The van der Waals surface area contributed by atoms with Gasteiger partial charge in [-0.25, -0.2) is 8.51 Å². The van der Waals surface area contributed by atoms with Crippen molar-refractivity contribution in [2.45, 2.75) is 38.2 Å². The van der Waals surface area contributed by atoms with Crippen molar-refractivity contribution in [3.05, 3.63) is 35.9 Å². The fraction of sp³-hybridized carbons (Fsp3) is 0.429. The van der Waals surface area contributed by atoms with Gasteiger partial charge in [0.2, 0.25) is 0 Å². The molecule has 0 aromatic heterocycles. The summed E-state index contributed by atoms with van der Waals surface area (Å²) in [5.41, 5.74) is 0.477. The van der Waals surface area contributed by atoms with Crippen LogP contribution in [0, 0.1) is 0 Å². The Bertz CT molecular complexity index is 440. The molecule has 1 N–H and O–H groups in total. The van der Waals surface area contributed by atoms with Crippen LogP contribution in [-0.4, -0.2) is 26.1 Å². The Labute approximate surface area is 129 Å². The van der Waals surface area contributed by atoms with Gasteiger partial charge < -0.3 is 0 Å². The molecule has 0 radical (unpaired) electrons. The van der Waals surface area contributed by atoms with Crippen molar-refractivity contribution < 1.29 is 9.59 Å². The van der Waals surface area contributed by atoms with Crippen LogP contribution < -0.4 is 5.32 Å². The monoisotopic (exact) mass is 312 g/mol. The van der Waals surface area contributed by atoms with Crippen LogP contribution in [0.2, 0.25) is 0 Å². The van der Waals surface area contributed by atoms with Crippen molar-refractivity contribution in [3.63, 3.8) is 0 Å². The first-order chi connectivity index (χ1) is 9.40. The third kappa shape index (κ3) is 5.88. The number of hydrogen-bond acceptors (Lipinski definition) is 4. The molecular weight excluding hydrogens is 292 g/mol. The van der Waals surface area contributed by atoms with E-state index in [2.05, 4.69) is 5.32 Å². The van der Waals surface area contributed by atoms with Gasteiger partial charge in [-0.05, 0) is 36.0 Å². The highest BCUT2D eigenvalue weighted by Gasteiger charge is 2.21. The zero-order chi connectivity index (χ0) is 15.1. The SMILES string of the molecule is CC(C)SN(SC(C)C)C(=O)NC(=O)c1ccccc1. The molecule has 1 aromatic carbocycles. The highest BCUT2D eigenvalue weighted by atomic mass is 32.2. The normalized spacial score (nSPS) is 10.7. The maximum atomic E-state index is 12.2. The van der Waals surface area contributed by atoms with E-state index in [0.717, 1.165) is 0 Å². The molecule has 20 heavy (non-hydrogen) atoms. The first-order valence-corrected chi connectivity index (χ1v) is 8.11. The summed E-state index contributed by atoms with van der Waals surface area (Å²) in [6, 6.07) is 8.33. The maximum absolute atomic E-state index is 12.2. The van der Waals surface area contributed by atoms with Crippen LogP contribution in [0.3, 0.4) is 0 Å². The lowest BCUT2D eigenvalue weighted by molar-refractivity contribution is 0.0963. The van der Waals surface area contributed by atoms with E-state index in [1.165, 1.54) is 27.6 Å². The van der Waals surface area contributed by atoms with Gasteiger partial charge >= 0.3 is 6.03 Å². The van der Waals surface area contributed by atoms with Crippen LogP contribution in [-0.2, 0) is 0 Å². The van der Waals surface area contributed by atoms with Gasteiger partial charge in [0.05, 0.1) is 0 Å². The lowest BCUT2D eigenvalue weighted by Gasteiger charge is -2.23. The standard InChI is InChI=1S/C14H20N2O2S2/c1-10(2)19-16(20-11(3)4)14(18)15-13(17)12-8-6-5-7-9-12/h5-11H,1-4H3,(H,15,17,18). The molecule has 0 aliphatic carbocycles. The van der Waals surface area contributed by atoms with Gasteiger partial charge in [0.1, 0.15) is 0 Å². The van der Waals surface area contributed by atoms with Crippen LogP contribution in [0.1, 0.15) is 38.1 Å². The van der Waals surface area contributed by atoms with E-state index in [4.69, 9.17) is 0 Å². The number of hydrogen-bond donors (Lipinski definition) is 1. The fourth-order valence-corrected chi connectivity index (χ4v) is 3.59. The maximum Gasteiger partial charge on any atom is 0.344 e. The molecule has 0 heterocycles. The van der Waals surface area contributed by atoms with Crippen molar-refractivity contribution in [2.24, 2.45) is 0 Å². The summed E-state index contributed by atoms with van der Waals surface area (Å²) in [6.45, 7) is 8.02. The van der Waals surface area contributed by atoms with Crippen LogP contribution in [0.5, 0.6) is 0 Å². The summed E-state index contributed by atoms with van der Waals surface area (Å²) in [4.78, 5) is 24.1. The van der Waals surface area contributed by atoms with E-state index in [1.54, 1.807) is 24.3 Å². The first kappa shape index (κ1) is 16.9. The van der Waals surface area contributed by atoms with Crippen molar-refractivity contribution in [1.29, 1.82) is 0 Å². The van der Waals surface area contributed by atoms with Gasteiger partial charge in [0.15, 0.2) is 0 Å². The van der Waals surface area contributed by atoms with Crippen LogP contribution in [0.15, 0.2) is 30.3 Å². The summed E-state index contributed by atoms with van der Waals surface area (Å²) in [6.07, 6.45) is 0. The largest absolute Gasteiger partial charge is 0.344 e. The molecule has 6 heteroatoms. The highest BCUT2D eigenvalue weighted by Crippen LogP contribution is 2.28. The molecule has 0 unspecified atom stereocenters. The Hall–Kier alpha value is -1.14. The molecule has 0 saturated heterocycles. The first-order valence-electron chi connectivity index (χ1n) is 6.44. The van der Waals surface area contributed by atoms with Crippen molar-refractivity contribution >= 4 is 35.8 Å². The average Bonchev–Trinajstić information content (AvgIpc) is 2.37. The van der Waals surface area contributed by atoms with E-state index >= 15 is 0 Å². The average molecular weight is 312 g/mol. The number of amides is 3. The van der Waals surface area contributed by atoms with E-state index in [1.807, 2.05) is 33.8 Å². The summed E-state index contributed by atoms with van der Waals surface area (Å²) < 4.78 is 1.54. The Kier molecular flexibility index (Phi) is 6.95. The smallest absolute Gasteiger partial charge is 0.272 e. The number of nitrogens with zero attached hydrogens (tertiary/aromatic N) is 1. The van der Waals surface area contributed by atoms with Crippen LogP contribution in [0.25, 0.3) is 0 Å². The zero-order valence-electron chi connectivity index (χ0n) is 12.1. The molecule has 0 bridgehead atoms. The van der Waals surface area contributed by atoms with Crippen molar-refractivity contribution in [1.82, 2.24) is 9.03 Å². The number of benzene rings is 1. The minimum Gasteiger partial charge on any atom is -0.272 e. The molecule has 4 nitrogen and oxygen atoms in total. The molecule has 110 valence electrons. The molecule has 0 aliphatic heterocycles. The van der Waals surface area contributed by atoms with E-state index in [9.17, 15) is 9.59 Å². The molecule has 0 aliphatic rings. The van der Waals surface area contributed by atoms with E-state index in [0.29, 0.717) is 5.56 Å². The molecule has 0 spiro atoms. The molecular formula is C14H20N2O2S2. The molecule has 1 aromatic rings. The topological polar surface area (TPSA) is 49.4 Å². The minimum atomic E-state index is -0.392. The number of imide groups is 1. The molecule has 0 atom stereocenters. The summed E-state index contributed by atoms with van der Waals surface area (Å²) in [5.74, 6) is -0.380.